The Labute approximate surface area is 137 Å². The molecule has 23 heavy (non-hydrogen) atoms. The van der Waals surface area contributed by atoms with Crippen LogP contribution in [0, 0.1) is 0 Å². The Hall–Kier alpha value is -2.28. The van der Waals surface area contributed by atoms with E-state index in [2.05, 4.69) is 11.9 Å². The SMILES string of the molecule is C=C1CS[C@@H]2[C@H](NC(=O)Cc3ccccc3)C(=O)N2[C@@H]1C(=O)O. The van der Waals surface area contributed by atoms with E-state index >= 15 is 0 Å². The molecular weight excluding hydrogens is 316 g/mol. The topological polar surface area (TPSA) is 86.7 Å². The second-order valence-corrected chi connectivity index (χ2v) is 6.66. The highest BCUT2D eigenvalue weighted by Crippen LogP contribution is 2.39. The number of nitrogens with zero attached hydrogens (tertiary/aromatic N) is 1. The summed E-state index contributed by atoms with van der Waals surface area (Å²) in [5.41, 5.74) is 1.36. The van der Waals surface area contributed by atoms with Gasteiger partial charge in [0.1, 0.15) is 11.4 Å². The lowest BCUT2D eigenvalue weighted by atomic mass is 9.98. The minimum atomic E-state index is -1.08. The van der Waals surface area contributed by atoms with E-state index in [0.29, 0.717) is 11.3 Å². The Bertz CT molecular complexity index is 676. The first kappa shape index (κ1) is 15.6. The number of carboxylic acid groups (broad SMARTS) is 1. The average molecular weight is 332 g/mol. The van der Waals surface area contributed by atoms with Crippen molar-refractivity contribution < 1.29 is 19.5 Å². The molecule has 0 spiro atoms. The molecule has 2 heterocycles. The summed E-state index contributed by atoms with van der Waals surface area (Å²) in [5.74, 6) is -1.22. The highest BCUT2D eigenvalue weighted by Gasteiger charge is 2.56. The zero-order valence-electron chi connectivity index (χ0n) is 12.3. The third-order valence-corrected chi connectivity index (χ3v) is 5.32. The molecule has 120 valence electrons. The maximum atomic E-state index is 12.2. The van der Waals surface area contributed by atoms with Crippen LogP contribution in [0.25, 0.3) is 0 Å². The fourth-order valence-corrected chi connectivity index (χ4v) is 4.14. The number of hydrogen-bond donors (Lipinski definition) is 2. The summed E-state index contributed by atoms with van der Waals surface area (Å²) in [5, 5.41) is 11.6. The van der Waals surface area contributed by atoms with Gasteiger partial charge in [0.15, 0.2) is 6.04 Å². The minimum absolute atomic E-state index is 0.192. The molecule has 2 aliphatic rings. The average Bonchev–Trinajstić information content (AvgIpc) is 2.53. The van der Waals surface area contributed by atoms with Crippen LogP contribution in [0.5, 0.6) is 0 Å². The maximum Gasteiger partial charge on any atom is 0.330 e. The molecule has 0 aliphatic carbocycles. The van der Waals surface area contributed by atoms with Crippen LogP contribution in [0.4, 0.5) is 0 Å². The number of rotatable bonds is 4. The van der Waals surface area contributed by atoms with E-state index in [1.165, 1.54) is 16.7 Å². The van der Waals surface area contributed by atoms with Gasteiger partial charge in [-0.15, -0.1) is 11.8 Å². The van der Waals surface area contributed by atoms with Gasteiger partial charge in [-0.1, -0.05) is 36.9 Å². The van der Waals surface area contributed by atoms with Crippen LogP contribution in [0.15, 0.2) is 42.5 Å². The van der Waals surface area contributed by atoms with E-state index in [1.54, 1.807) is 0 Å². The molecule has 0 bridgehead atoms. The lowest BCUT2D eigenvalue weighted by Gasteiger charge is -2.52. The van der Waals surface area contributed by atoms with Crippen LogP contribution in [0.2, 0.25) is 0 Å². The van der Waals surface area contributed by atoms with Crippen LogP contribution >= 0.6 is 11.8 Å². The van der Waals surface area contributed by atoms with Crippen molar-refractivity contribution in [1.29, 1.82) is 0 Å². The maximum absolute atomic E-state index is 12.2. The first-order chi connectivity index (χ1) is 11.0. The first-order valence-corrected chi connectivity index (χ1v) is 8.21. The van der Waals surface area contributed by atoms with Gasteiger partial charge in [0.25, 0.3) is 0 Å². The third-order valence-electron chi connectivity index (χ3n) is 3.94. The molecule has 2 fully saturated rings. The Morgan fingerprint density at radius 1 is 1.35 bits per heavy atom. The molecule has 1 aromatic carbocycles. The lowest BCUT2D eigenvalue weighted by molar-refractivity contribution is -0.160. The zero-order chi connectivity index (χ0) is 16.6. The Kier molecular flexibility index (Phi) is 4.12. The Morgan fingerprint density at radius 2 is 2.04 bits per heavy atom. The van der Waals surface area contributed by atoms with E-state index in [0.717, 1.165) is 5.56 Å². The largest absolute Gasteiger partial charge is 0.479 e. The number of carbonyl (C=O) groups excluding carboxylic acids is 2. The van der Waals surface area contributed by atoms with Gasteiger partial charge in [0.05, 0.1) is 6.42 Å². The standard InChI is InChI=1S/C16H16N2O4S/c1-9-8-23-15-12(14(20)18(15)13(9)16(21)22)17-11(19)7-10-5-3-2-4-6-10/h2-6,12-13,15H,1,7-8H2,(H,17,19)(H,21,22)/t12-,13+,15-/m1/s1. The number of thioether (sulfide) groups is 1. The quantitative estimate of drug-likeness (QED) is 0.624. The summed E-state index contributed by atoms with van der Waals surface area (Å²) in [4.78, 5) is 36.9. The fraction of sp³-hybridized carbons (Fsp3) is 0.312. The third kappa shape index (κ3) is 2.84. The van der Waals surface area contributed by atoms with Crippen LogP contribution in [0.1, 0.15) is 5.56 Å². The monoisotopic (exact) mass is 332 g/mol. The van der Waals surface area contributed by atoms with E-state index in [1.807, 2.05) is 30.3 Å². The second kappa shape index (κ2) is 6.08. The van der Waals surface area contributed by atoms with Gasteiger partial charge in [-0.25, -0.2) is 4.79 Å². The summed E-state index contributed by atoms with van der Waals surface area (Å²) in [6.07, 6.45) is 0.192. The lowest BCUT2D eigenvalue weighted by Crippen LogP contribution is -2.74. The van der Waals surface area contributed by atoms with Crippen molar-refractivity contribution in [3.8, 4) is 0 Å². The van der Waals surface area contributed by atoms with Gasteiger partial charge in [-0.3, -0.25) is 9.59 Å². The number of aliphatic carboxylic acids is 1. The van der Waals surface area contributed by atoms with Crippen LogP contribution < -0.4 is 5.32 Å². The molecule has 0 unspecified atom stereocenters. The number of carbonyl (C=O) groups is 3. The molecule has 3 atom stereocenters. The molecule has 2 aliphatic heterocycles. The van der Waals surface area contributed by atoms with E-state index in [-0.39, 0.29) is 23.6 Å². The number of carboxylic acids is 1. The molecular formula is C16H16N2O4S. The van der Waals surface area contributed by atoms with Crippen molar-refractivity contribution in [1.82, 2.24) is 10.2 Å². The normalized spacial score (nSPS) is 26.3. The van der Waals surface area contributed by atoms with Gasteiger partial charge < -0.3 is 15.3 Å². The van der Waals surface area contributed by atoms with Crippen molar-refractivity contribution >= 4 is 29.5 Å². The van der Waals surface area contributed by atoms with Gasteiger partial charge in [0.2, 0.25) is 11.8 Å². The summed E-state index contributed by atoms with van der Waals surface area (Å²) >= 11 is 1.43. The van der Waals surface area contributed by atoms with Gasteiger partial charge >= 0.3 is 5.97 Å². The van der Waals surface area contributed by atoms with Crippen LogP contribution in [-0.4, -0.2) is 51.0 Å². The zero-order valence-corrected chi connectivity index (χ0v) is 13.1. The molecule has 7 heteroatoms. The highest BCUT2D eigenvalue weighted by atomic mass is 32.2. The molecule has 0 saturated carbocycles. The summed E-state index contributed by atoms with van der Waals surface area (Å²) in [6, 6.07) is 7.59. The first-order valence-electron chi connectivity index (χ1n) is 7.16. The van der Waals surface area contributed by atoms with Crippen molar-refractivity contribution in [2.45, 2.75) is 23.9 Å². The molecule has 0 aromatic heterocycles. The van der Waals surface area contributed by atoms with Crippen molar-refractivity contribution in [3.05, 3.63) is 48.0 Å². The van der Waals surface area contributed by atoms with E-state index in [9.17, 15) is 19.5 Å². The number of amides is 2. The number of nitrogens with one attached hydrogen (secondary N) is 1. The molecule has 6 nitrogen and oxygen atoms in total. The van der Waals surface area contributed by atoms with E-state index in [4.69, 9.17) is 0 Å². The molecule has 1 aromatic rings. The number of benzene rings is 1. The summed E-state index contributed by atoms with van der Waals surface area (Å²) < 4.78 is 0. The molecule has 2 N–H and O–H groups in total. The summed E-state index contributed by atoms with van der Waals surface area (Å²) in [6.45, 7) is 3.73. The fourth-order valence-electron chi connectivity index (χ4n) is 2.84. The summed E-state index contributed by atoms with van der Waals surface area (Å²) in [7, 11) is 0. The predicted octanol–water partition coefficient (Wildman–Crippen LogP) is 0.638. The Morgan fingerprint density at radius 3 is 2.70 bits per heavy atom. The Balaban J connectivity index is 1.65. The van der Waals surface area contributed by atoms with Crippen molar-refractivity contribution in [2.24, 2.45) is 0 Å². The highest BCUT2D eigenvalue weighted by molar-refractivity contribution is 8.00. The number of β-lactam (4-membered cyclic amide) rings is 1. The van der Waals surface area contributed by atoms with Gasteiger partial charge in [0, 0.05) is 5.75 Å². The smallest absolute Gasteiger partial charge is 0.330 e. The molecule has 0 radical (unpaired) electrons. The minimum Gasteiger partial charge on any atom is -0.479 e. The van der Waals surface area contributed by atoms with Gasteiger partial charge in [-0.2, -0.15) is 0 Å². The number of fused-ring (bicyclic) bond motifs is 1. The van der Waals surface area contributed by atoms with E-state index < -0.39 is 18.1 Å². The molecule has 2 saturated heterocycles. The van der Waals surface area contributed by atoms with Gasteiger partial charge in [-0.05, 0) is 11.1 Å². The molecule has 3 rings (SSSR count). The van der Waals surface area contributed by atoms with Crippen molar-refractivity contribution in [2.75, 3.05) is 5.75 Å². The van der Waals surface area contributed by atoms with Crippen LogP contribution in [0.3, 0.4) is 0 Å². The second-order valence-electron chi connectivity index (χ2n) is 5.55. The van der Waals surface area contributed by atoms with Crippen molar-refractivity contribution in [3.63, 3.8) is 0 Å². The number of hydrogen-bond acceptors (Lipinski definition) is 4. The molecule has 2 amide bonds. The predicted molar refractivity (Wildman–Crippen MR) is 85.7 cm³/mol. The van der Waals surface area contributed by atoms with Crippen LogP contribution in [-0.2, 0) is 20.8 Å².